The van der Waals surface area contributed by atoms with Crippen LogP contribution in [0.2, 0.25) is 0 Å². The topological polar surface area (TPSA) is 67.5 Å². The van der Waals surface area contributed by atoms with Gasteiger partial charge in [0.05, 0.1) is 5.56 Å². The Morgan fingerprint density at radius 2 is 1.96 bits per heavy atom. The van der Waals surface area contributed by atoms with E-state index in [9.17, 15) is 14.7 Å². The highest BCUT2D eigenvalue weighted by Crippen LogP contribution is 2.36. The number of carboxylic acids is 1. The SMILES string of the molecule is Cc1ccc(-c2csc(CC(=O)c3cc4ccccc4o3)c2C(=O)O)s1. The average Bonchev–Trinajstić information content (AvgIpc) is 3.31. The number of aryl methyl sites for hydroxylation is 1. The van der Waals surface area contributed by atoms with Crippen molar-refractivity contribution in [2.24, 2.45) is 0 Å². The number of benzene rings is 1. The summed E-state index contributed by atoms with van der Waals surface area (Å²) >= 11 is 2.85. The Labute approximate surface area is 157 Å². The van der Waals surface area contributed by atoms with Crippen molar-refractivity contribution < 1.29 is 19.1 Å². The van der Waals surface area contributed by atoms with Crippen LogP contribution < -0.4 is 0 Å². The zero-order valence-electron chi connectivity index (χ0n) is 13.8. The van der Waals surface area contributed by atoms with Gasteiger partial charge >= 0.3 is 5.97 Å². The smallest absolute Gasteiger partial charge is 0.337 e. The van der Waals surface area contributed by atoms with E-state index in [-0.39, 0.29) is 23.5 Å². The van der Waals surface area contributed by atoms with E-state index in [0.29, 0.717) is 16.0 Å². The first-order valence-corrected chi connectivity index (χ1v) is 9.65. The number of Topliss-reactive ketones (excluding diaryl/α,β-unsaturated/α-hetero) is 1. The second-order valence-electron chi connectivity index (χ2n) is 5.91. The number of fused-ring (bicyclic) bond motifs is 1. The van der Waals surface area contributed by atoms with Crippen molar-refractivity contribution in [2.45, 2.75) is 13.3 Å². The molecule has 0 aliphatic carbocycles. The molecule has 3 heterocycles. The van der Waals surface area contributed by atoms with Gasteiger partial charge in [0, 0.05) is 37.4 Å². The lowest BCUT2D eigenvalue weighted by molar-refractivity contribution is 0.0697. The van der Waals surface area contributed by atoms with Crippen LogP contribution in [0.25, 0.3) is 21.4 Å². The summed E-state index contributed by atoms with van der Waals surface area (Å²) in [6.07, 6.45) is 0.0104. The standard InChI is InChI=1S/C20H14O4S2/c1-11-6-7-17(26-11)13-10-25-18(19(13)20(22)23)9-14(21)16-8-12-4-2-3-5-15(12)24-16/h2-8,10H,9H2,1H3,(H,22,23). The van der Waals surface area contributed by atoms with E-state index in [1.165, 1.54) is 11.3 Å². The van der Waals surface area contributed by atoms with E-state index in [0.717, 1.165) is 15.1 Å². The van der Waals surface area contributed by atoms with Gasteiger partial charge in [0.25, 0.3) is 0 Å². The molecular weight excluding hydrogens is 368 g/mol. The molecule has 0 atom stereocenters. The quantitative estimate of drug-likeness (QED) is 0.453. The summed E-state index contributed by atoms with van der Waals surface area (Å²) in [5.41, 5.74) is 1.53. The molecule has 1 aromatic carbocycles. The van der Waals surface area contributed by atoms with E-state index in [4.69, 9.17) is 4.42 Å². The molecular formula is C20H14O4S2. The molecule has 0 bridgehead atoms. The minimum absolute atomic E-state index is 0.0104. The molecule has 26 heavy (non-hydrogen) atoms. The number of carbonyl (C=O) groups excluding carboxylic acids is 1. The summed E-state index contributed by atoms with van der Waals surface area (Å²) in [6.45, 7) is 1.98. The third-order valence-corrected chi connectivity index (χ3v) is 6.13. The second-order valence-corrected chi connectivity index (χ2v) is 8.16. The van der Waals surface area contributed by atoms with Gasteiger partial charge in [-0.05, 0) is 31.2 Å². The van der Waals surface area contributed by atoms with Crippen LogP contribution in [0.3, 0.4) is 0 Å². The number of ketones is 1. The third-order valence-electron chi connectivity index (χ3n) is 4.11. The summed E-state index contributed by atoms with van der Waals surface area (Å²) in [5, 5.41) is 12.4. The van der Waals surface area contributed by atoms with Crippen LogP contribution in [-0.4, -0.2) is 16.9 Å². The number of para-hydroxylation sites is 1. The molecule has 0 spiro atoms. The van der Waals surface area contributed by atoms with Crippen molar-refractivity contribution in [3.05, 3.63) is 68.9 Å². The molecule has 0 radical (unpaired) electrons. The lowest BCUT2D eigenvalue weighted by atomic mass is 10.1. The molecule has 0 saturated heterocycles. The van der Waals surface area contributed by atoms with Crippen LogP contribution in [0, 0.1) is 6.92 Å². The van der Waals surface area contributed by atoms with Gasteiger partial charge in [-0.3, -0.25) is 4.79 Å². The summed E-state index contributed by atoms with van der Waals surface area (Å²) in [6, 6.07) is 13.0. The Kier molecular flexibility index (Phi) is 4.22. The largest absolute Gasteiger partial charge is 0.478 e. The van der Waals surface area contributed by atoms with Crippen LogP contribution >= 0.6 is 22.7 Å². The van der Waals surface area contributed by atoms with Crippen molar-refractivity contribution >= 4 is 45.4 Å². The Morgan fingerprint density at radius 1 is 1.15 bits per heavy atom. The molecule has 3 aromatic heterocycles. The van der Waals surface area contributed by atoms with Gasteiger partial charge < -0.3 is 9.52 Å². The summed E-state index contributed by atoms with van der Waals surface area (Å²) in [7, 11) is 0. The van der Waals surface area contributed by atoms with Gasteiger partial charge in [-0.2, -0.15) is 0 Å². The van der Waals surface area contributed by atoms with Crippen molar-refractivity contribution in [1.82, 2.24) is 0 Å². The number of carboxylic acid groups (broad SMARTS) is 1. The van der Waals surface area contributed by atoms with Crippen molar-refractivity contribution in [1.29, 1.82) is 0 Å². The molecule has 0 amide bonds. The van der Waals surface area contributed by atoms with Crippen LogP contribution in [0.4, 0.5) is 0 Å². The predicted molar refractivity (Wildman–Crippen MR) is 104 cm³/mol. The Balaban J connectivity index is 1.68. The van der Waals surface area contributed by atoms with Crippen molar-refractivity contribution in [2.75, 3.05) is 0 Å². The Bertz CT molecular complexity index is 1100. The lowest BCUT2D eigenvalue weighted by Crippen LogP contribution is -2.06. The fraction of sp³-hybridized carbons (Fsp3) is 0.100. The van der Waals surface area contributed by atoms with Crippen LogP contribution in [0.1, 0.15) is 30.7 Å². The van der Waals surface area contributed by atoms with Gasteiger partial charge in [-0.25, -0.2) is 4.79 Å². The number of rotatable bonds is 5. The minimum Gasteiger partial charge on any atom is -0.478 e. The molecule has 1 N–H and O–H groups in total. The Hall–Kier alpha value is -2.70. The number of hydrogen-bond acceptors (Lipinski definition) is 5. The zero-order chi connectivity index (χ0) is 18.3. The number of furan rings is 1. The third kappa shape index (κ3) is 2.98. The first-order valence-electron chi connectivity index (χ1n) is 7.95. The maximum Gasteiger partial charge on any atom is 0.337 e. The molecule has 4 rings (SSSR count). The Morgan fingerprint density at radius 3 is 2.65 bits per heavy atom. The van der Waals surface area contributed by atoms with Gasteiger partial charge in [0.2, 0.25) is 5.78 Å². The van der Waals surface area contributed by atoms with E-state index in [1.54, 1.807) is 23.5 Å². The van der Waals surface area contributed by atoms with Gasteiger partial charge in [-0.1, -0.05) is 18.2 Å². The number of aromatic carboxylic acids is 1. The molecule has 4 nitrogen and oxygen atoms in total. The first kappa shape index (κ1) is 16.8. The number of carbonyl (C=O) groups is 2. The maximum absolute atomic E-state index is 12.6. The molecule has 0 aliphatic heterocycles. The fourth-order valence-electron chi connectivity index (χ4n) is 2.88. The molecule has 130 valence electrons. The molecule has 0 aliphatic rings. The summed E-state index contributed by atoms with van der Waals surface area (Å²) in [4.78, 5) is 27.0. The highest BCUT2D eigenvalue weighted by atomic mass is 32.1. The van der Waals surface area contributed by atoms with E-state index >= 15 is 0 Å². The summed E-state index contributed by atoms with van der Waals surface area (Å²) < 4.78 is 5.61. The number of thiophene rings is 2. The lowest BCUT2D eigenvalue weighted by Gasteiger charge is -2.01. The number of hydrogen-bond donors (Lipinski definition) is 1. The van der Waals surface area contributed by atoms with Gasteiger partial charge in [0.15, 0.2) is 5.76 Å². The second kappa shape index (κ2) is 6.55. The highest BCUT2D eigenvalue weighted by molar-refractivity contribution is 7.16. The fourth-order valence-corrected chi connectivity index (χ4v) is 4.87. The monoisotopic (exact) mass is 382 g/mol. The van der Waals surface area contributed by atoms with Gasteiger partial charge in [0.1, 0.15) is 5.58 Å². The van der Waals surface area contributed by atoms with Crippen molar-refractivity contribution in [3.8, 4) is 10.4 Å². The maximum atomic E-state index is 12.6. The minimum atomic E-state index is -1.01. The first-order chi connectivity index (χ1) is 12.5. The van der Waals surface area contributed by atoms with E-state index < -0.39 is 5.97 Å². The van der Waals surface area contributed by atoms with Crippen molar-refractivity contribution in [3.63, 3.8) is 0 Å². The van der Waals surface area contributed by atoms with Crippen LogP contribution in [0.5, 0.6) is 0 Å². The van der Waals surface area contributed by atoms with Gasteiger partial charge in [-0.15, -0.1) is 22.7 Å². The average molecular weight is 382 g/mol. The van der Waals surface area contributed by atoms with Crippen LogP contribution in [-0.2, 0) is 6.42 Å². The molecule has 0 saturated carbocycles. The normalized spacial score (nSPS) is 11.1. The molecule has 0 unspecified atom stereocenters. The van der Waals surface area contributed by atoms with Crippen LogP contribution in [0.15, 0.2) is 52.3 Å². The highest BCUT2D eigenvalue weighted by Gasteiger charge is 2.23. The molecule has 0 fully saturated rings. The van der Waals surface area contributed by atoms with E-state index in [1.807, 2.05) is 42.6 Å². The molecule has 6 heteroatoms. The zero-order valence-corrected chi connectivity index (χ0v) is 15.4. The van der Waals surface area contributed by atoms with E-state index in [2.05, 4.69) is 0 Å². The molecule has 4 aromatic rings. The predicted octanol–water partition coefficient (Wildman–Crippen LogP) is 5.65. The summed E-state index contributed by atoms with van der Waals surface area (Å²) in [5.74, 6) is -0.983.